The molecule has 0 saturated heterocycles. The number of rotatable bonds is 2. The molecule has 0 bridgehead atoms. The van der Waals surface area contributed by atoms with E-state index in [2.05, 4.69) is 55.2 Å². The van der Waals surface area contributed by atoms with Gasteiger partial charge in [-0.1, -0.05) is 55.8 Å². The first kappa shape index (κ1) is 32.1. The Hall–Kier alpha value is 0.962. The molecule has 0 fully saturated rings. The van der Waals surface area contributed by atoms with Gasteiger partial charge in [-0.25, -0.2) is 0 Å². The topological polar surface area (TPSA) is 56.4 Å². The van der Waals surface area contributed by atoms with Crippen LogP contribution in [0.5, 0.6) is 0 Å². The second-order valence-corrected chi connectivity index (χ2v) is 15.4. The molecule has 0 aromatic heterocycles. The van der Waals surface area contributed by atoms with Crippen molar-refractivity contribution in [3.63, 3.8) is 0 Å². The average Bonchev–Trinajstić information content (AvgIpc) is 2.00. The van der Waals surface area contributed by atoms with Crippen molar-refractivity contribution >= 4 is 16.5 Å². The quantitative estimate of drug-likeness (QED) is 0.510. The van der Waals surface area contributed by atoms with E-state index >= 15 is 0 Å². The van der Waals surface area contributed by atoms with Gasteiger partial charge in [-0.3, -0.25) is 0 Å². The van der Waals surface area contributed by atoms with Crippen molar-refractivity contribution in [1.29, 1.82) is 0 Å². The van der Waals surface area contributed by atoms with Crippen LogP contribution in [0.4, 0.5) is 0 Å². The van der Waals surface area contributed by atoms with E-state index in [0.717, 1.165) is 0 Å². The van der Waals surface area contributed by atoms with Gasteiger partial charge in [0, 0.05) is 21.1 Å². The zero-order valence-electron chi connectivity index (χ0n) is 15.2. The Morgan fingerprint density at radius 2 is 0.579 bits per heavy atom. The molecule has 0 amide bonds. The number of hydrogen-bond acceptors (Lipinski definition) is 0. The van der Waals surface area contributed by atoms with Crippen molar-refractivity contribution < 1.29 is 21.1 Å². The van der Waals surface area contributed by atoms with E-state index in [4.69, 9.17) is 4.65 Å². The van der Waals surface area contributed by atoms with Crippen molar-refractivity contribution in [2.75, 3.05) is 42.3 Å². The summed E-state index contributed by atoms with van der Waals surface area (Å²) in [6.45, 7) is 13.8. The summed E-state index contributed by atoms with van der Waals surface area (Å²) in [5, 5.41) is 10.5. The normalized spacial score (nSPS) is 9.47. The zero-order valence-corrected chi connectivity index (χ0v) is 20.1. The molecule has 0 aliphatic rings. The molecule has 19 heavy (non-hydrogen) atoms. The number of nitrogens with zero attached hydrogens (tertiary/aromatic N) is 4. The molecule has 0 unspecified atom stereocenters. The minimum atomic E-state index is -1.11. The molecule has 0 N–H and O–H groups in total. The minimum absolute atomic E-state index is 0. The van der Waals surface area contributed by atoms with E-state index < -0.39 is 16.5 Å². The molecule has 0 aromatic carbocycles. The van der Waals surface area contributed by atoms with Gasteiger partial charge in [0.15, 0.2) is 0 Å². The molecule has 0 spiro atoms. The van der Waals surface area contributed by atoms with Crippen molar-refractivity contribution in [2.24, 2.45) is 0 Å². The Labute approximate surface area is 139 Å². The van der Waals surface area contributed by atoms with E-state index in [0.29, 0.717) is 0 Å². The molecule has 0 aliphatic heterocycles. The predicted octanol–water partition coefficient (Wildman–Crippen LogP) is 4.89. The molecule has 0 aromatic rings. The molecule has 7 heteroatoms. The Bertz CT molecular complexity index is 120. The van der Waals surface area contributed by atoms with Gasteiger partial charge in [-0.2, -0.15) is 42.3 Å². The largest absolute Gasteiger partial charge is 0.668 e. The van der Waals surface area contributed by atoms with Gasteiger partial charge in [-0.15, -0.1) is 0 Å². The van der Waals surface area contributed by atoms with Gasteiger partial charge >= 0.3 is 0 Å². The molecule has 0 aliphatic carbocycles. The molecule has 0 radical (unpaired) electrons. The third kappa shape index (κ3) is 113. The Kier molecular flexibility index (Phi) is 35.9. The van der Waals surface area contributed by atoms with Gasteiger partial charge in [0.25, 0.3) is 0 Å². The first-order valence-corrected chi connectivity index (χ1v) is 13.0. The summed E-state index contributed by atoms with van der Waals surface area (Å²) in [7, 11) is 8.29. The summed E-state index contributed by atoms with van der Waals surface area (Å²) < 4.78 is 4.82. The van der Waals surface area contributed by atoms with Crippen LogP contribution in [-0.4, -0.2) is 58.8 Å². The van der Waals surface area contributed by atoms with E-state index in [1.807, 2.05) is 0 Å². The van der Waals surface area contributed by atoms with Gasteiger partial charge < -0.3 is 20.6 Å². The first-order chi connectivity index (χ1) is 7.95. The van der Waals surface area contributed by atoms with Crippen LogP contribution >= 0.6 is 0 Å². The average molecular weight is 476 g/mol. The van der Waals surface area contributed by atoms with Crippen LogP contribution in [0.15, 0.2) is 0 Å². The molecule has 0 saturated carbocycles. The summed E-state index contributed by atoms with van der Waals surface area (Å²) in [5.74, 6) is 0. The monoisotopic (exact) mass is 476 g/mol. The van der Waals surface area contributed by atoms with E-state index in [1.54, 1.807) is 42.3 Å². The van der Waals surface area contributed by atoms with Crippen LogP contribution in [0.3, 0.4) is 0 Å². The fourth-order valence-electron chi connectivity index (χ4n) is 1.01. The van der Waals surface area contributed by atoms with Crippen LogP contribution < -0.4 is 0 Å². The minimum Gasteiger partial charge on any atom is -0.668 e. The van der Waals surface area contributed by atoms with Gasteiger partial charge in [0.05, 0.1) is 0 Å². The maximum atomic E-state index is 4.82. The predicted molar refractivity (Wildman–Crippen MR) is 95.7 cm³/mol. The van der Waals surface area contributed by atoms with Crippen LogP contribution in [0.25, 0.3) is 20.6 Å². The summed E-state index contributed by atoms with van der Waals surface area (Å²) in [5.41, 5.74) is 0. The van der Waals surface area contributed by atoms with Crippen molar-refractivity contribution in [1.82, 2.24) is 0 Å². The van der Waals surface area contributed by atoms with E-state index in [-0.39, 0.29) is 21.1 Å². The van der Waals surface area contributed by atoms with Crippen LogP contribution in [-0.2, 0) is 21.1 Å². The van der Waals surface area contributed by atoms with Crippen molar-refractivity contribution in [3.8, 4) is 0 Å². The zero-order chi connectivity index (χ0) is 15.8. The van der Waals surface area contributed by atoms with Gasteiger partial charge in [0.2, 0.25) is 0 Å². The van der Waals surface area contributed by atoms with Crippen molar-refractivity contribution in [2.45, 2.75) is 39.3 Å². The summed E-state index contributed by atoms with van der Waals surface area (Å²) in [6.07, 6.45) is 0. The van der Waals surface area contributed by atoms with Gasteiger partial charge in [-0.05, 0) is 0 Å². The molecular formula is C12H36N4Si2W-4. The smallest absolute Gasteiger partial charge is 0 e. The Balaban J connectivity index is -0.0000000548. The van der Waals surface area contributed by atoms with E-state index in [1.165, 1.54) is 0 Å². The first-order valence-electron chi connectivity index (χ1n) is 6.13. The molecule has 0 heterocycles. The second kappa shape index (κ2) is 21.3. The number of hydrogen-bond donors (Lipinski definition) is 0. The fourth-order valence-corrected chi connectivity index (χ4v) is 9.06. The summed E-state index contributed by atoms with van der Waals surface area (Å²) >= 11 is 0. The molecule has 0 rings (SSSR count). The van der Waals surface area contributed by atoms with Crippen LogP contribution in [0.1, 0.15) is 0 Å². The van der Waals surface area contributed by atoms with Gasteiger partial charge in [0.1, 0.15) is 0 Å². The molecule has 0 atom stereocenters. The third-order valence-electron chi connectivity index (χ3n) is 0.671. The standard InChI is InChI=1S/C6H18NSi2.3C2H6N.W/c1-8(2,3)7-9(4,5)6;3*1-3-2;/h1-6H3;3*1-2H3;/q4*-1;. The molecule has 4 nitrogen and oxygen atoms in total. The molecule has 122 valence electrons. The molecular weight excluding hydrogens is 440 g/mol. The van der Waals surface area contributed by atoms with Crippen molar-refractivity contribution in [3.05, 3.63) is 20.6 Å². The third-order valence-corrected chi connectivity index (χ3v) is 6.04. The maximum absolute atomic E-state index is 4.82. The second-order valence-electron chi connectivity index (χ2n) is 5.80. The Morgan fingerprint density at radius 1 is 0.474 bits per heavy atom. The van der Waals surface area contributed by atoms with Crippen LogP contribution in [0, 0.1) is 0 Å². The summed E-state index contributed by atoms with van der Waals surface area (Å²) in [4.78, 5) is 0. The van der Waals surface area contributed by atoms with E-state index in [9.17, 15) is 0 Å². The maximum Gasteiger partial charge on any atom is 0 e. The SMILES string of the molecule is C[N-]C.C[N-]C.C[N-]C.C[Si](C)(C)[N-][Si](C)(C)C.[W]. The Morgan fingerprint density at radius 3 is 0.579 bits per heavy atom. The van der Waals surface area contributed by atoms with Crippen LogP contribution in [0.2, 0.25) is 39.3 Å². The summed E-state index contributed by atoms with van der Waals surface area (Å²) in [6, 6.07) is 0. The fraction of sp³-hybridized carbons (Fsp3) is 1.00.